The Morgan fingerprint density at radius 2 is 2.15 bits per heavy atom. The Morgan fingerprint density at radius 1 is 1.35 bits per heavy atom. The number of aromatic nitrogens is 1. The van der Waals surface area contributed by atoms with Gasteiger partial charge in [0.1, 0.15) is 17.5 Å². The van der Waals surface area contributed by atoms with Gasteiger partial charge in [-0.1, -0.05) is 31.2 Å². The van der Waals surface area contributed by atoms with E-state index in [1.807, 2.05) is 37.9 Å². The first-order valence-electron chi connectivity index (χ1n) is 12.1. The zero-order valence-corrected chi connectivity index (χ0v) is 20.2. The molecule has 0 saturated carbocycles. The number of carbonyl (C=O) groups is 1. The quantitative estimate of drug-likeness (QED) is 0.663. The Labute approximate surface area is 201 Å². The van der Waals surface area contributed by atoms with Gasteiger partial charge in [-0.25, -0.2) is 9.37 Å². The molecule has 0 saturated heterocycles. The van der Waals surface area contributed by atoms with Crippen molar-refractivity contribution in [3.63, 3.8) is 0 Å². The molecule has 2 aromatic rings. The van der Waals surface area contributed by atoms with E-state index in [0.29, 0.717) is 36.6 Å². The van der Waals surface area contributed by atoms with Crippen molar-refractivity contribution in [1.82, 2.24) is 14.8 Å². The molecule has 0 spiro atoms. The van der Waals surface area contributed by atoms with E-state index in [0.717, 1.165) is 24.8 Å². The Kier molecular flexibility index (Phi) is 7.63. The number of nitrogens with zero attached hydrogens (tertiary/aromatic N) is 3. The zero-order valence-electron chi connectivity index (χ0n) is 20.2. The van der Waals surface area contributed by atoms with Gasteiger partial charge in [-0.3, -0.25) is 9.69 Å². The lowest BCUT2D eigenvalue weighted by Crippen LogP contribution is -2.49. The average molecular weight is 468 g/mol. The summed E-state index contributed by atoms with van der Waals surface area (Å²) in [5.41, 5.74) is 3.22. The van der Waals surface area contributed by atoms with E-state index in [2.05, 4.69) is 11.1 Å². The Bertz CT molecular complexity index is 1060. The number of allylic oxidation sites excluding steroid dienone is 2. The minimum absolute atomic E-state index is 0.0202. The van der Waals surface area contributed by atoms with E-state index in [-0.39, 0.29) is 36.4 Å². The summed E-state index contributed by atoms with van der Waals surface area (Å²) in [6.07, 6.45) is 6.86. The molecule has 2 heterocycles. The molecule has 2 aliphatic rings. The van der Waals surface area contributed by atoms with Crippen molar-refractivity contribution < 1.29 is 19.0 Å². The van der Waals surface area contributed by atoms with E-state index < -0.39 is 0 Å². The maximum Gasteiger partial charge on any atom is 0.259 e. The molecule has 6 nitrogen and oxygen atoms in total. The fourth-order valence-corrected chi connectivity index (χ4v) is 4.72. The summed E-state index contributed by atoms with van der Waals surface area (Å²) in [6.45, 7) is 5.20. The summed E-state index contributed by atoms with van der Waals surface area (Å²) in [5, 5.41) is 9.84. The number of rotatable bonds is 7. The summed E-state index contributed by atoms with van der Waals surface area (Å²) in [7, 11) is 1.94. The van der Waals surface area contributed by atoms with Crippen molar-refractivity contribution in [1.29, 1.82) is 0 Å². The van der Waals surface area contributed by atoms with Crippen LogP contribution in [0.4, 0.5) is 4.39 Å². The van der Waals surface area contributed by atoms with Crippen molar-refractivity contribution in [2.45, 2.75) is 51.8 Å². The summed E-state index contributed by atoms with van der Waals surface area (Å²) in [5.74, 6) is -0.101. The number of halogens is 1. The third-order valence-electron chi connectivity index (χ3n) is 6.82. The largest absolute Gasteiger partial charge is 0.472 e. The van der Waals surface area contributed by atoms with Crippen LogP contribution < -0.4 is 4.74 Å². The summed E-state index contributed by atoms with van der Waals surface area (Å²) >= 11 is 0. The second kappa shape index (κ2) is 10.7. The van der Waals surface area contributed by atoms with Crippen LogP contribution in [0.1, 0.15) is 54.6 Å². The predicted octanol–water partition coefficient (Wildman–Crippen LogP) is 4.14. The Morgan fingerprint density at radius 3 is 2.85 bits per heavy atom. The lowest BCUT2D eigenvalue weighted by molar-refractivity contribution is 0.0324. The number of carbonyl (C=O) groups excluding carboxylic acids is 1. The maximum absolute atomic E-state index is 14.2. The van der Waals surface area contributed by atoms with Gasteiger partial charge in [0.15, 0.2) is 0 Å². The van der Waals surface area contributed by atoms with E-state index in [1.54, 1.807) is 23.2 Å². The molecule has 0 bridgehead atoms. The summed E-state index contributed by atoms with van der Waals surface area (Å²) in [6, 6.07) is 8.33. The van der Waals surface area contributed by atoms with Gasteiger partial charge in [0.05, 0.1) is 12.6 Å². The number of benzene rings is 1. The van der Waals surface area contributed by atoms with Crippen LogP contribution in [0.2, 0.25) is 0 Å². The summed E-state index contributed by atoms with van der Waals surface area (Å²) < 4.78 is 20.5. The molecular formula is C27H34FN3O3. The van der Waals surface area contributed by atoms with Crippen LogP contribution in [0.3, 0.4) is 0 Å². The lowest BCUT2D eigenvalue weighted by Gasteiger charge is -2.37. The molecule has 1 N–H and O–H groups in total. The van der Waals surface area contributed by atoms with Gasteiger partial charge in [0.25, 0.3) is 5.91 Å². The lowest BCUT2D eigenvalue weighted by atomic mass is 9.99. The van der Waals surface area contributed by atoms with Crippen molar-refractivity contribution in [3.8, 4) is 5.88 Å². The Balaban J connectivity index is 1.62. The standard InChI is InChI=1S/C27H34FN3O3/c1-18-14-31(19(2)17-32)27(33)23-12-22(20-8-4-5-9-20)13-29-26(23)34-25(18)16-30(3)15-21-10-6-7-11-24(21)28/h6-8,10-13,18-19,25,32H,4-5,9,14-17H2,1-3H3/t18-,19+,25+/m0/s1. The van der Waals surface area contributed by atoms with Crippen LogP contribution in [0.5, 0.6) is 5.88 Å². The molecule has 34 heavy (non-hydrogen) atoms. The average Bonchev–Trinajstić information content (AvgIpc) is 3.37. The van der Waals surface area contributed by atoms with Crippen molar-refractivity contribution in [2.24, 2.45) is 5.92 Å². The van der Waals surface area contributed by atoms with E-state index in [4.69, 9.17) is 4.74 Å². The molecule has 7 heteroatoms. The zero-order chi connectivity index (χ0) is 24.2. The number of amides is 1. The normalized spacial score (nSPS) is 21.5. The topological polar surface area (TPSA) is 65.9 Å². The van der Waals surface area contributed by atoms with Gasteiger partial charge in [0.2, 0.25) is 5.88 Å². The van der Waals surface area contributed by atoms with Gasteiger partial charge in [-0.2, -0.15) is 0 Å². The van der Waals surface area contributed by atoms with Gasteiger partial charge in [0, 0.05) is 37.3 Å². The van der Waals surface area contributed by atoms with Crippen LogP contribution in [-0.4, -0.2) is 64.7 Å². The number of hydrogen-bond donors (Lipinski definition) is 1. The molecule has 0 radical (unpaired) electrons. The third kappa shape index (κ3) is 5.31. The van der Waals surface area contributed by atoms with Crippen LogP contribution in [0.15, 0.2) is 42.6 Å². The molecule has 1 aliphatic heterocycles. The van der Waals surface area contributed by atoms with Crippen molar-refractivity contribution >= 4 is 11.5 Å². The highest BCUT2D eigenvalue weighted by Gasteiger charge is 2.34. The van der Waals surface area contributed by atoms with Gasteiger partial charge >= 0.3 is 0 Å². The van der Waals surface area contributed by atoms with E-state index >= 15 is 0 Å². The fraction of sp³-hybridized carbons (Fsp3) is 0.481. The number of pyridine rings is 1. The first kappa shape index (κ1) is 24.4. The number of ether oxygens (including phenoxy) is 1. The predicted molar refractivity (Wildman–Crippen MR) is 130 cm³/mol. The van der Waals surface area contributed by atoms with Crippen LogP contribution in [0, 0.1) is 11.7 Å². The van der Waals surface area contributed by atoms with Crippen LogP contribution >= 0.6 is 0 Å². The molecule has 3 atom stereocenters. The molecule has 0 unspecified atom stereocenters. The van der Waals surface area contributed by atoms with Crippen molar-refractivity contribution in [3.05, 3.63) is 65.1 Å². The molecule has 1 amide bonds. The van der Waals surface area contributed by atoms with Gasteiger partial charge < -0.3 is 14.7 Å². The molecule has 1 aromatic heterocycles. The molecule has 1 aromatic carbocycles. The molecular weight excluding hydrogens is 433 g/mol. The first-order chi connectivity index (χ1) is 16.4. The first-order valence-corrected chi connectivity index (χ1v) is 12.1. The minimum Gasteiger partial charge on any atom is -0.472 e. The fourth-order valence-electron chi connectivity index (χ4n) is 4.72. The molecule has 4 rings (SSSR count). The number of hydrogen-bond acceptors (Lipinski definition) is 5. The van der Waals surface area contributed by atoms with Gasteiger partial charge in [-0.15, -0.1) is 0 Å². The molecule has 182 valence electrons. The Hall–Kier alpha value is -2.77. The minimum atomic E-state index is -0.327. The highest BCUT2D eigenvalue weighted by Crippen LogP contribution is 2.32. The molecule has 1 aliphatic carbocycles. The molecule has 0 fully saturated rings. The van der Waals surface area contributed by atoms with Crippen molar-refractivity contribution in [2.75, 3.05) is 26.7 Å². The van der Waals surface area contributed by atoms with E-state index in [9.17, 15) is 14.3 Å². The second-order valence-electron chi connectivity index (χ2n) is 9.61. The number of likely N-dealkylation sites (N-methyl/N-ethyl adjacent to an activating group) is 1. The number of aliphatic hydroxyl groups excluding tert-OH is 1. The van der Waals surface area contributed by atoms with Gasteiger partial charge in [-0.05, 0) is 56.5 Å². The smallest absolute Gasteiger partial charge is 0.259 e. The van der Waals surface area contributed by atoms with Crippen LogP contribution in [0.25, 0.3) is 5.57 Å². The van der Waals surface area contributed by atoms with E-state index in [1.165, 1.54) is 11.6 Å². The highest BCUT2D eigenvalue weighted by molar-refractivity contribution is 5.97. The second-order valence-corrected chi connectivity index (χ2v) is 9.61. The summed E-state index contributed by atoms with van der Waals surface area (Å²) in [4.78, 5) is 21.9. The number of aliphatic hydroxyl groups is 1. The highest BCUT2D eigenvalue weighted by atomic mass is 19.1. The SMILES string of the molecule is C[C@H](CO)N1C[C@H](C)[C@@H](CN(C)Cc2ccccc2F)Oc2ncc(C3=CCCC3)cc2C1=O. The monoisotopic (exact) mass is 467 g/mol. The number of fused-ring (bicyclic) bond motifs is 1. The van der Waals surface area contributed by atoms with Crippen LogP contribution in [-0.2, 0) is 6.54 Å². The third-order valence-corrected chi connectivity index (χ3v) is 6.82. The maximum atomic E-state index is 14.2.